The fourth-order valence-corrected chi connectivity index (χ4v) is 3.49. The zero-order chi connectivity index (χ0) is 14.0. The Morgan fingerprint density at radius 1 is 1.26 bits per heavy atom. The van der Waals surface area contributed by atoms with Crippen LogP contribution < -0.4 is 0 Å². The van der Waals surface area contributed by atoms with Crippen molar-refractivity contribution < 1.29 is 8.42 Å². The normalized spacial score (nSPS) is 22.6. The number of nitrogens with zero attached hydrogens (tertiary/aromatic N) is 2. The SMILES string of the molecule is CC1CN(S(C)(=O)=O)CCN1Cc1ccc(Br)cc1. The van der Waals surface area contributed by atoms with Crippen LogP contribution in [0.25, 0.3) is 0 Å². The minimum atomic E-state index is -3.06. The minimum absolute atomic E-state index is 0.243. The van der Waals surface area contributed by atoms with Gasteiger partial charge in [-0.1, -0.05) is 28.1 Å². The molecule has 0 N–H and O–H groups in total. The Labute approximate surface area is 123 Å². The van der Waals surface area contributed by atoms with Crippen LogP contribution in [-0.2, 0) is 16.6 Å². The van der Waals surface area contributed by atoms with E-state index in [-0.39, 0.29) is 6.04 Å². The number of rotatable bonds is 3. The molecule has 1 aliphatic rings. The van der Waals surface area contributed by atoms with Gasteiger partial charge in [0, 0.05) is 36.7 Å². The molecule has 1 heterocycles. The van der Waals surface area contributed by atoms with Crippen LogP contribution in [0.15, 0.2) is 28.7 Å². The summed E-state index contributed by atoms with van der Waals surface area (Å²) in [5, 5.41) is 0. The topological polar surface area (TPSA) is 40.6 Å². The maximum atomic E-state index is 11.5. The molecular weight excluding hydrogens is 328 g/mol. The van der Waals surface area contributed by atoms with E-state index in [1.165, 1.54) is 11.8 Å². The number of hydrogen-bond acceptors (Lipinski definition) is 3. The standard InChI is InChI=1S/C13H19BrN2O2S/c1-11-9-16(19(2,17)18)8-7-15(11)10-12-3-5-13(14)6-4-12/h3-6,11H,7-10H2,1-2H3. The number of hydrogen-bond donors (Lipinski definition) is 0. The molecule has 0 aromatic heterocycles. The molecule has 2 rings (SSSR count). The molecule has 0 bridgehead atoms. The van der Waals surface area contributed by atoms with Gasteiger partial charge in [-0.3, -0.25) is 4.90 Å². The monoisotopic (exact) mass is 346 g/mol. The molecule has 19 heavy (non-hydrogen) atoms. The maximum absolute atomic E-state index is 11.5. The van der Waals surface area contributed by atoms with Crippen LogP contribution in [0, 0.1) is 0 Å². The second-order valence-corrected chi connectivity index (χ2v) is 7.97. The van der Waals surface area contributed by atoms with Crippen molar-refractivity contribution in [3.8, 4) is 0 Å². The van der Waals surface area contributed by atoms with Crippen molar-refractivity contribution in [3.63, 3.8) is 0 Å². The highest BCUT2D eigenvalue weighted by Gasteiger charge is 2.28. The molecule has 1 atom stereocenters. The molecule has 106 valence electrons. The molecule has 1 fully saturated rings. The molecule has 1 aromatic rings. The second-order valence-electron chi connectivity index (χ2n) is 5.07. The van der Waals surface area contributed by atoms with Crippen LogP contribution in [0.5, 0.6) is 0 Å². The fourth-order valence-electron chi connectivity index (χ4n) is 2.32. The maximum Gasteiger partial charge on any atom is 0.211 e. The Balaban J connectivity index is 1.99. The lowest BCUT2D eigenvalue weighted by Gasteiger charge is -2.38. The van der Waals surface area contributed by atoms with E-state index in [1.54, 1.807) is 4.31 Å². The zero-order valence-corrected chi connectivity index (χ0v) is 13.6. The van der Waals surface area contributed by atoms with Gasteiger partial charge in [0.2, 0.25) is 10.0 Å². The second kappa shape index (κ2) is 5.91. The summed E-state index contributed by atoms with van der Waals surface area (Å²) in [5.41, 5.74) is 1.25. The first kappa shape index (κ1) is 15.0. The van der Waals surface area contributed by atoms with E-state index in [0.717, 1.165) is 17.6 Å². The summed E-state index contributed by atoms with van der Waals surface area (Å²) in [5.74, 6) is 0. The number of piperazine rings is 1. The van der Waals surface area contributed by atoms with Gasteiger partial charge in [-0.15, -0.1) is 0 Å². The minimum Gasteiger partial charge on any atom is -0.294 e. The van der Waals surface area contributed by atoms with Crippen LogP contribution in [0.4, 0.5) is 0 Å². The van der Waals surface area contributed by atoms with Gasteiger partial charge < -0.3 is 0 Å². The summed E-state index contributed by atoms with van der Waals surface area (Å²) in [6.45, 7) is 4.89. The molecule has 0 radical (unpaired) electrons. The average Bonchev–Trinajstić information content (AvgIpc) is 2.33. The lowest BCUT2D eigenvalue weighted by Crippen LogP contribution is -2.52. The first-order chi connectivity index (χ1) is 8.86. The lowest BCUT2D eigenvalue weighted by atomic mass is 10.1. The molecule has 0 amide bonds. The van der Waals surface area contributed by atoms with Crippen molar-refractivity contribution in [2.75, 3.05) is 25.9 Å². The Morgan fingerprint density at radius 3 is 2.42 bits per heavy atom. The van der Waals surface area contributed by atoms with E-state index in [9.17, 15) is 8.42 Å². The summed E-state index contributed by atoms with van der Waals surface area (Å²) >= 11 is 3.43. The summed E-state index contributed by atoms with van der Waals surface area (Å²) in [6.07, 6.45) is 1.28. The molecule has 1 aliphatic heterocycles. The first-order valence-electron chi connectivity index (χ1n) is 6.30. The van der Waals surface area contributed by atoms with Crippen LogP contribution in [0.2, 0.25) is 0 Å². The van der Waals surface area contributed by atoms with Gasteiger partial charge >= 0.3 is 0 Å². The fraction of sp³-hybridized carbons (Fsp3) is 0.538. The molecule has 1 aromatic carbocycles. The van der Waals surface area contributed by atoms with Gasteiger partial charge in [-0.25, -0.2) is 8.42 Å². The van der Waals surface area contributed by atoms with Gasteiger partial charge in [0.15, 0.2) is 0 Å². The molecule has 1 unspecified atom stereocenters. The van der Waals surface area contributed by atoms with Gasteiger partial charge in [0.1, 0.15) is 0 Å². The molecule has 0 aliphatic carbocycles. The largest absolute Gasteiger partial charge is 0.294 e. The van der Waals surface area contributed by atoms with E-state index < -0.39 is 10.0 Å². The predicted molar refractivity (Wildman–Crippen MR) is 80.4 cm³/mol. The lowest BCUT2D eigenvalue weighted by molar-refractivity contribution is 0.122. The van der Waals surface area contributed by atoms with Crippen LogP contribution in [-0.4, -0.2) is 49.6 Å². The molecule has 4 nitrogen and oxygen atoms in total. The number of sulfonamides is 1. The van der Waals surface area contributed by atoms with E-state index in [2.05, 4.69) is 39.9 Å². The predicted octanol–water partition coefficient (Wildman–Crippen LogP) is 1.91. The van der Waals surface area contributed by atoms with Crippen molar-refractivity contribution in [1.29, 1.82) is 0 Å². The highest BCUT2D eigenvalue weighted by molar-refractivity contribution is 9.10. The van der Waals surface area contributed by atoms with Gasteiger partial charge in [0.05, 0.1) is 6.26 Å². The zero-order valence-electron chi connectivity index (χ0n) is 11.2. The third-order valence-corrected chi connectivity index (χ3v) is 5.29. The Hall–Kier alpha value is -0.430. The highest BCUT2D eigenvalue weighted by Crippen LogP contribution is 2.17. The Bertz CT molecular complexity index is 530. The quantitative estimate of drug-likeness (QED) is 0.839. The third-order valence-electron chi connectivity index (χ3n) is 3.50. The smallest absolute Gasteiger partial charge is 0.211 e. The van der Waals surface area contributed by atoms with Crippen LogP contribution >= 0.6 is 15.9 Å². The van der Waals surface area contributed by atoms with Crippen LogP contribution in [0.1, 0.15) is 12.5 Å². The molecule has 0 spiro atoms. The van der Waals surface area contributed by atoms with E-state index in [1.807, 2.05) is 12.1 Å². The third kappa shape index (κ3) is 4.02. The molecule has 0 saturated carbocycles. The van der Waals surface area contributed by atoms with Crippen molar-refractivity contribution in [3.05, 3.63) is 34.3 Å². The summed E-state index contributed by atoms with van der Waals surface area (Å²) in [7, 11) is -3.06. The first-order valence-corrected chi connectivity index (χ1v) is 8.94. The number of halogens is 1. The van der Waals surface area contributed by atoms with E-state index >= 15 is 0 Å². The van der Waals surface area contributed by atoms with Gasteiger partial charge in [-0.2, -0.15) is 4.31 Å². The van der Waals surface area contributed by atoms with E-state index in [0.29, 0.717) is 13.1 Å². The van der Waals surface area contributed by atoms with Crippen LogP contribution in [0.3, 0.4) is 0 Å². The molecular formula is C13H19BrN2O2S. The van der Waals surface area contributed by atoms with Crippen molar-refractivity contribution in [2.24, 2.45) is 0 Å². The van der Waals surface area contributed by atoms with Gasteiger partial charge in [0.25, 0.3) is 0 Å². The van der Waals surface area contributed by atoms with Crippen molar-refractivity contribution >= 4 is 26.0 Å². The summed E-state index contributed by atoms with van der Waals surface area (Å²) < 4.78 is 25.7. The van der Waals surface area contributed by atoms with Gasteiger partial charge in [-0.05, 0) is 24.6 Å². The molecule has 6 heteroatoms. The molecule has 1 saturated heterocycles. The summed E-state index contributed by atoms with van der Waals surface area (Å²) in [4.78, 5) is 2.32. The average molecular weight is 347 g/mol. The highest BCUT2D eigenvalue weighted by atomic mass is 79.9. The Morgan fingerprint density at radius 2 is 1.89 bits per heavy atom. The van der Waals surface area contributed by atoms with E-state index in [4.69, 9.17) is 0 Å². The van der Waals surface area contributed by atoms with Crippen molar-refractivity contribution in [2.45, 2.75) is 19.5 Å². The number of benzene rings is 1. The summed E-state index contributed by atoms with van der Waals surface area (Å²) in [6, 6.07) is 8.51. The van der Waals surface area contributed by atoms with Crippen molar-refractivity contribution in [1.82, 2.24) is 9.21 Å². The Kier molecular flexibility index (Phi) is 4.66.